The van der Waals surface area contributed by atoms with Gasteiger partial charge in [0.15, 0.2) is 0 Å². The molecule has 0 radical (unpaired) electrons. The molecule has 0 aromatic heterocycles. The van der Waals surface area contributed by atoms with Crippen LogP contribution in [0.2, 0.25) is 0 Å². The van der Waals surface area contributed by atoms with Gasteiger partial charge in [-0.3, -0.25) is 0 Å². The van der Waals surface area contributed by atoms with Gasteiger partial charge in [-0.15, -0.1) is 0 Å². The van der Waals surface area contributed by atoms with Gasteiger partial charge < -0.3 is 15.6 Å². The summed E-state index contributed by atoms with van der Waals surface area (Å²) in [5, 5.41) is 9.13. The fourth-order valence-electron chi connectivity index (χ4n) is 1.85. The molecule has 0 unspecified atom stereocenters. The first-order valence-corrected chi connectivity index (χ1v) is 5.91. The van der Waals surface area contributed by atoms with Crippen LogP contribution in [0.15, 0.2) is 48.5 Å². The van der Waals surface area contributed by atoms with Crippen LogP contribution < -0.4 is 5.73 Å². The maximum absolute atomic E-state index is 11.1. The smallest absolute Gasteiger partial charge is 0.338 e. The van der Waals surface area contributed by atoms with Crippen LogP contribution in [-0.4, -0.2) is 11.1 Å². The molecule has 0 aliphatic rings. The predicted octanol–water partition coefficient (Wildman–Crippen LogP) is 2.68. The first-order chi connectivity index (χ1) is 9.18. The highest BCUT2D eigenvalue weighted by Gasteiger charge is 2.13. The van der Waals surface area contributed by atoms with E-state index < -0.39 is 5.97 Å². The van der Waals surface area contributed by atoms with Gasteiger partial charge in [0.05, 0.1) is 18.8 Å². The third-order valence-electron chi connectivity index (χ3n) is 2.77. The number of ether oxygens (including phenoxy) is 1. The minimum absolute atomic E-state index is 0.121. The number of benzene rings is 2. The Hall–Kier alpha value is -2.33. The van der Waals surface area contributed by atoms with Crippen LogP contribution in [0.1, 0.15) is 21.5 Å². The van der Waals surface area contributed by atoms with Gasteiger partial charge in [-0.2, -0.15) is 0 Å². The van der Waals surface area contributed by atoms with Crippen LogP contribution in [0.25, 0.3) is 0 Å². The van der Waals surface area contributed by atoms with E-state index in [2.05, 4.69) is 0 Å². The average molecular weight is 257 g/mol. The van der Waals surface area contributed by atoms with Gasteiger partial charge in [0.1, 0.15) is 0 Å². The van der Waals surface area contributed by atoms with Crippen LogP contribution in [-0.2, 0) is 18.0 Å². The molecule has 0 fully saturated rings. The Morgan fingerprint density at radius 3 is 2.47 bits per heavy atom. The van der Waals surface area contributed by atoms with E-state index in [-0.39, 0.29) is 17.9 Å². The van der Waals surface area contributed by atoms with E-state index in [9.17, 15) is 4.79 Å². The van der Waals surface area contributed by atoms with Gasteiger partial charge in [-0.1, -0.05) is 42.5 Å². The lowest BCUT2D eigenvalue weighted by Crippen LogP contribution is -2.08. The van der Waals surface area contributed by atoms with E-state index in [0.29, 0.717) is 12.2 Å². The molecule has 0 bridgehead atoms. The normalized spacial score (nSPS) is 10.3. The van der Waals surface area contributed by atoms with Gasteiger partial charge in [0.25, 0.3) is 0 Å². The third-order valence-corrected chi connectivity index (χ3v) is 2.77. The molecule has 4 nitrogen and oxygen atoms in total. The van der Waals surface area contributed by atoms with Crippen LogP contribution >= 0.6 is 0 Å². The summed E-state index contributed by atoms with van der Waals surface area (Å²) in [5.41, 5.74) is 7.68. The quantitative estimate of drug-likeness (QED) is 0.808. The van der Waals surface area contributed by atoms with E-state index in [1.807, 2.05) is 30.3 Å². The molecule has 0 saturated carbocycles. The fourth-order valence-corrected chi connectivity index (χ4v) is 1.85. The molecule has 2 rings (SSSR count). The number of hydrogen-bond acceptors (Lipinski definition) is 3. The van der Waals surface area contributed by atoms with Gasteiger partial charge in [0.2, 0.25) is 0 Å². The molecule has 19 heavy (non-hydrogen) atoms. The minimum atomic E-state index is -1.03. The van der Waals surface area contributed by atoms with E-state index in [1.165, 1.54) is 0 Å². The average Bonchev–Trinajstić information content (AvgIpc) is 2.39. The predicted molar refractivity (Wildman–Crippen MR) is 72.7 cm³/mol. The lowest BCUT2D eigenvalue weighted by atomic mass is 10.1. The van der Waals surface area contributed by atoms with Gasteiger partial charge in [0, 0.05) is 5.69 Å². The second kappa shape index (κ2) is 6.02. The zero-order valence-electron chi connectivity index (χ0n) is 10.4. The van der Waals surface area contributed by atoms with E-state index in [0.717, 1.165) is 5.56 Å². The summed E-state index contributed by atoms with van der Waals surface area (Å²) in [6.07, 6.45) is 0. The summed E-state index contributed by atoms with van der Waals surface area (Å²) in [6, 6.07) is 14.7. The van der Waals surface area contributed by atoms with Crippen LogP contribution in [0.5, 0.6) is 0 Å². The van der Waals surface area contributed by atoms with E-state index in [4.69, 9.17) is 15.6 Å². The van der Waals surface area contributed by atoms with Crippen molar-refractivity contribution in [3.8, 4) is 0 Å². The Morgan fingerprint density at radius 2 is 1.79 bits per heavy atom. The Balaban J connectivity index is 2.04. The van der Waals surface area contributed by atoms with Crippen LogP contribution in [0.4, 0.5) is 5.69 Å². The zero-order chi connectivity index (χ0) is 13.7. The Labute approximate surface area is 111 Å². The lowest BCUT2D eigenvalue weighted by molar-refractivity contribution is 0.0685. The van der Waals surface area contributed by atoms with Crippen molar-refractivity contribution < 1.29 is 14.6 Å². The number of nitrogen functional groups attached to an aromatic ring is 1. The summed E-state index contributed by atoms with van der Waals surface area (Å²) in [5.74, 6) is -1.03. The second-order valence-electron chi connectivity index (χ2n) is 4.16. The molecule has 3 N–H and O–H groups in total. The van der Waals surface area contributed by atoms with Crippen molar-refractivity contribution in [2.24, 2.45) is 0 Å². The first-order valence-electron chi connectivity index (χ1n) is 5.91. The molecule has 0 saturated heterocycles. The van der Waals surface area contributed by atoms with Gasteiger partial charge >= 0.3 is 5.97 Å². The lowest BCUT2D eigenvalue weighted by Gasteiger charge is -2.09. The van der Waals surface area contributed by atoms with Gasteiger partial charge in [-0.05, 0) is 17.2 Å². The molecule has 0 heterocycles. The number of carboxylic acid groups (broad SMARTS) is 1. The standard InChI is InChI=1S/C15H15NO3/c16-13-8-4-7-12(14(13)15(17)18)10-19-9-11-5-2-1-3-6-11/h1-8H,9-10,16H2,(H,17,18). The Kier molecular flexibility index (Phi) is 4.15. The third kappa shape index (κ3) is 3.33. The zero-order valence-corrected chi connectivity index (χ0v) is 10.4. The van der Waals surface area contributed by atoms with Crippen molar-refractivity contribution in [2.45, 2.75) is 13.2 Å². The van der Waals surface area contributed by atoms with Crippen molar-refractivity contribution in [1.82, 2.24) is 0 Å². The van der Waals surface area contributed by atoms with Crippen LogP contribution in [0.3, 0.4) is 0 Å². The number of aromatic carboxylic acids is 1. The fraction of sp³-hybridized carbons (Fsp3) is 0.133. The Bertz CT molecular complexity index is 567. The molecule has 0 aliphatic heterocycles. The number of rotatable bonds is 5. The molecular formula is C15H15NO3. The maximum Gasteiger partial charge on any atom is 0.338 e. The minimum Gasteiger partial charge on any atom is -0.478 e. The monoisotopic (exact) mass is 257 g/mol. The van der Waals surface area contributed by atoms with Gasteiger partial charge in [-0.25, -0.2) is 4.79 Å². The van der Waals surface area contributed by atoms with E-state index in [1.54, 1.807) is 18.2 Å². The molecule has 4 heteroatoms. The number of carboxylic acids is 1. The molecule has 0 atom stereocenters. The van der Waals surface area contributed by atoms with Crippen molar-refractivity contribution in [3.05, 3.63) is 65.2 Å². The molecule has 98 valence electrons. The van der Waals surface area contributed by atoms with Crippen LogP contribution in [0, 0.1) is 0 Å². The Morgan fingerprint density at radius 1 is 1.05 bits per heavy atom. The highest BCUT2D eigenvalue weighted by Crippen LogP contribution is 2.18. The highest BCUT2D eigenvalue weighted by atomic mass is 16.5. The summed E-state index contributed by atoms with van der Waals surface area (Å²) in [4.78, 5) is 11.1. The molecule has 2 aromatic rings. The van der Waals surface area contributed by atoms with Crippen molar-refractivity contribution in [2.75, 3.05) is 5.73 Å². The summed E-state index contributed by atoms with van der Waals surface area (Å²) >= 11 is 0. The molecule has 2 aromatic carbocycles. The summed E-state index contributed by atoms with van der Waals surface area (Å²) in [6.45, 7) is 0.663. The summed E-state index contributed by atoms with van der Waals surface area (Å²) < 4.78 is 5.53. The van der Waals surface area contributed by atoms with Crippen molar-refractivity contribution in [1.29, 1.82) is 0 Å². The number of hydrogen-bond donors (Lipinski definition) is 2. The maximum atomic E-state index is 11.1. The molecule has 0 amide bonds. The molecule has 0 aliphatic carbocycles. The van der Waals surface area contributed by atoms with Crippen molar-refractivity contribution >= 4 is 11.7 Å². The summed E-state index contributed by atoms with van der Waals surface area (Å²) in [7, 11) is 0. The van der Waals surface area contributed by atoms with Crippen molar-refractivity contribution in [3.63, 3.8) is 0 Å². The molecule has 0 spiro atoms. The topological polar surface area (TPSA) is 72.5 Å². The largest absolute Gasteiger partial charge is 0.478 e. The first kappa shape index (κ1) is 13.1. The highest BCUT2D eigenvalue weighted by molar-refractivity contribution is 5.95. The SMILES string of the molecule is Nc1cccc(COCc2ccccc2)c1C(=O)O. The number of nitrogens with two attached hydrogens (primary N) is 1. The van der Waals surface area contributed by atoms with E-state index >= 15 is 0 Å². The molecular weight excluding hydrogens is 242 g/mol. The number of carbonyl (C=O) groups is 1. The second-order valence-corrected chi connectivity index (χ2v) is 4.16. The number of anilines is 1.